The Hall–Kier alpha value is -3.06. The molecule has 0 spiro atoms. The number of carbonyl (C=O) groups excluding carboxylic acids is 2. The number of hydrogen-bond donors (Lipinski definition) is 0. The zero-order chi connectivity index (χ0) is 23.0. The maximum absolute atomic E-state index is 12.8. The fourth-order valence-corrected chi connectivity index (χ4v) is 2.62. The summed E-state index contributed by atoms with van der Waals surface area (Å²) in [5.74, 6) is 0.785. The van der Waals surface area contributed by atoms with Crippen LogP contribution in [-0.2, 0) is 20.7 Å². The fourth-order valence-electron chi connectivity index (χ4n) is 2.62. The van der Waals surface area contributed by atoms with E-state index in [0.717, 1.165) is 5.56 Å². The molecule has 0 bridgehead atoms. The Bertz CT molecular complexity index is 882. The van der Waals surface area contributed by atoms with Gasteiger partial charge in [0, 0.05) is 19.1 Å². The lowest BCUT2D eigenvalue weighted by Gasteiger charge is -2.18. The minimum absolute atomic E-state index is 0.251. The highest BCUT2D eigenvalue weighted by Gasteiger charge is 2.25. The van der Waals surface area contributed by atoms with E-state index in [2.05, 4.69) is 0 Å². The summed E-state index contributed by atoms with van der Waals surface area (Å²) in [6, 6.07) is 11.9. The van der Waals surface area contributed by atoms with Crippen LogP contribution < -0.4 is 18.9 Å². The van der Waals surface area contributed by atoms with Crippen molar-refractivity contribution in [2.75, 3.05) is 20.8 Å². The van der Waals surface area contributed by atoms with Crippen LogP contribution in [0.25, 0.3) is 0 Å². The van der Waals surface area contributed by atoms with Crippen LogP contribution in [-0.4, -0.2) is 38.9 Å². The molecule has 0 heterocycles. The topological polar surface area (TPSA) is 80.3 Å². The van der Waals surface area contributed by atoms with Gasteiger partial charge in [0.25, 0.3) is 0 Å². The van der Waals surface area contributed by atoms with Gasteiger partial charge in [0.15, 0.2) is 17.6 Å². The molecular formula is C24H30O7. The molecule has 0 saturated carbocycles. The Kier molecular flexibility index (Phi) is 8.45. The lowest BCUT2D eigenvalue weighted by molar-refractivity contribution is -0.147. The maximum atomic E-state index is 12.8. The number of rotatable bonds is 9. The summed E-state index contributed by atoms with van der Waals surface area (Å²) in [6.45, 7) is 7.52. The summed E-state index contributed by atoms with van der Waals surface area (Å²) in [5.41, 5.74) is 0.243. The van der Waals surface area contributed by atoms with Crippen molar-refractivity contribution in [3.05, 3.63) is 48.0 Å². The second-order valence-electron chi connectivity index (χ2n) is 7.87. The van der Waals surface area contributed by atoms with Crippen molar-refractivity contribution < 1.29 is 33.3 Å². The highest BCUT2D eigenvalue weighted by molar-refractivity contribution is 5.79. The van der Waals surface area contributed by atoms with Gasteiger partial charge < -0.3 is 23.7 Å². The van der Waals surface area contributed by atoms with Gasteiger partial charge in [-0.3, -0.25) is 4.79 Å². The van der Waals surface area contributed by atoms with Gasteiger partial charge in [-0.25, -0.2) is 4.79 Å². The molecule has 0 N–H and O–H groups in total. The van der Waals surface area contributed by atoms with Crippen molar-refractivity contribution >= 4 is 11.9 Å². The van der Waals surface area contributed by atoms with E-state index < -0.39 is 17.5 Å². The Labute approximate surface area is 183 Å². The van der Waals surface area contributed by atoms with Gasteiger partial charge in [0.05, 0.1) is 19.6 Å². The van der Waals surface area contributed by atoms with Gasteiger partial charge in [0.1, 0.15) is 11.5 Å². The largest absolute Gasteiger partial charge is 0.497 e. The summed E-state index contributed by atoms with van der Waals surface area (Å²) in [6.07, 6.45) is -0.518. The molecule has 2 aromatic rings. The summed E-state index contributed by atoms with van der Waals surface area (Å²) < 4.78 is 27.0. The van der Waals surface area contributed by atoms with Crippen LogP contribution >= 0.6 is 0 Å². The molecule has 0 aliphatic heterocycles. The van der Waals surface area contributed by atoms with Crippen LogP contribution in [0.3, 0.4) is 0 Å². The van der Waals surface area contributed by atoms with E-state index in [1.54, 1.807) is 63.2 Å². The number of ether oxygens (including phenoxy) is 5. The molecule has 7 nitrogen and oxygen atoms in total. The Morgan fingerprint density at radius 2 is 1.52 bits per heavy atom. The lowest BCUT2D eigenvalue weighted by Crippen LogP contribution is -2.31. The molecule has 168 valence electrons. The molecule has 0 aromatic heterocycles. The first-order valence-corrected chi connectivity index (χ1v) is 10.0. The van der Waals surface area contributed by atoms with Crippen molar-refractivity contribution in [1.29, 1.82) is 0 Å². The van der Waals surface area contributed by atoms with E-state index in [1.165, 1.54) is 14.2 Å². The molecule has 1 atom stereocenters. The standard InChI is InChI=1S/C24H30O7/c1-7-29-21(22(25)31-20-15-18(27-5)12-13-19(20)28-6)14-16-8-10-17(11-9-16)30-23(26)24(2,3)4/h8-13,15,21H,7,14H2,1-6H3/t21-/m0/s1. The quantitative estimate of drug-likeness (QED) is 0.435. The molecule has 31 heavy (non-hydrogen) atoms. The van der Waals surface area contributed by atoms with Gasteiger partial charge in [-0.1, -0.05) is 12.1 Å². The minimum Gasteiger partial charge on any atom is -0.497 e. The molecule has 0 aliphatic carbocycles. The van der Waals surface area contributed by atoms with E-state index >= 15 is 0 Å². The average Bonchev–Trinajstić information content (AvgIpc) is 2.73. The molecule has 2 aromatic carbocycles. The average molecular weight is 430 g/mol. The Morgan fingerprint density at radius 1 is 0.871 bits per heavy atom. The number of benzene rings is 2. The van der Waals surface area contributed by atoms with Crippen molar-refractivity contribution in [3.63, 3.8) is 0 Å². The molecule has 0 fully saturated rings. The third-order valence-corrected chi connectivity index (χ3v) is 4.38. The fraction of sp³-hybridized carbons (Fsp3) is 0.417. The second-order valence-corrected chi connectivity index (χ2v) is 7.87. The van der Waals surface area contributed by atoms with Crippen molar-refractivity contribution in [2.45, 2.75) is 40.2 Å². The summed E-state index contributed by atoms with van der Waals surface area (Å²) >= 11 is 0. The lowest BCUT2D eigenvalue weighted by atomic mass is 9.97. The smallest absolute Gasteiger partial charge is 0.341 e. The van der Waals surface area contributed by atoms with Crippen LogP contribution in [0.15, 0.2) is 42.5 Å². The van der Waals surface area contributed by atoms with Gasteiger partial charge in [-0.2, -0.15) is 0 Å². The normalized spacial score (nSPS) is 12.1. The van der Waals surface area contributed by atoms with E-state index in [9.17, 15) is 9.59 Å². The van der Waals surface area contributed by atoms with Gasteiger partial charge in [-0.05, 0) is 57.5 Å². The molecule has 0 amide bonds. The summed E-state index contributed by atoms with van der Waals surface area (Å²) in [7, 11) is 3.02. The Balaban J connectivity index is 2.10. The molecule has 0 unspecified atom stereocenters. The highest BCUT2D eigenvalue weighted by Crippen LogP contribution is 2.31. The van der Waals surface area contributed by atoms with E-state index in [0.29, 0.717) is 30.3 Å². The van der Waals surface area contributed by atoms with Crippen LogP contribution in [0.1, 0.15) is 33.3 Å². The van der Waals surface area contributed by atoms with Crippen LogP contribution in [0.5, 0.6) is 23.0 Å². The molecule has 0 saturated heterocycles. The first kappa shape index (κ1) is 24.2. The zero-order valence-electron chi connectivity index (χ0n) is 18.9. The second kappa shape index (κ2) is 10.8. The van der Waals surface area contributed by atoms with E-state index in [1.807, 2.05) is 6.92 Å². The summed E-state index contributed by atoms with van der Waals surface area (Å²) in [4.78, 5) is 24.8. The molecule has 0 aliphatic rings. The predicted octanol–water partition coefficient (Wildman–Crippen LogP) is 4.21. The van der Waals surface area contributed by atoms with Gasteiger partial charge in [0.2, 0.25) is 0 Å². The maximum Gasteiger partial charge on any atom is 0.341 e. The SMILES string of the molecule is CCO[C@@H](Cc1ccc(OC(=O)C(C)(C)C)cc1)C(=O)Oc1cc(OC)ccc1OC. The Morgan fingerprint density at radius 3 is 2.06 bits per heavy atom. The third-order valence-electron chi connectivity index (χ3n) is 4.38. The molecular weight excluding hydrogens is 400 g/mol. The minimum atomic E-state index is -0.816. The number of methoxy groups -OCH3 is 2. The van der Waals surface area contributed by atoms with Gasteiger partial charge >= 0.3 is 11.9 Å². The monoisotopic (exact) mass is 430 g/mol. The van der Waals surface area contributed by atoms with E-state index in [-0.39, 0.29) is 11.7 Å². The highest BCUT2D eigenvalue weighted by atomic mass is 16.6. The predicted molar refractivity (Wildman–Crippen MR) is 116 cm³/mol. The summed E-state index contributed by atoms with van der Waals surface area (Å²) in [5, 5.41) is 0. The van der Waals surface area contributed by atoms with Crippen molar-refractivity contribution in [1.82, 2.24) is 0 Å². The number of esters is 2. The zero-order valence-corrected chi connectivity index (χ0v) is 18.9. The number of carbonyl (C=O) groups is 2. The first-order valence-electron chi connectivity index (χ1n) is 10.0. The molecule has 2 rings (SSSR count). The number of hydrogen-bond acceptors (Lipinski definition) is 7. The van der Waals surface area contributed by atoms with Crippen LogP contribution in [0, 0.1) is 5.41 Å². The molecule has 0 radical (unpaired) electrons. The first-order chi connectivity index (χ1) is 14.7. The van der Waals surface area contributed by atoms with Crippen molar-refractivity contribution in [3.8, 4) is 23.0 Å². The van der Waals surface area contributed by atoms with Crippen LogP contribution in [0.2, 0.25) is 0 Å². The van der Waals surface area contributed by atoms with E-state index in [4.69, 9.17) is 23.7 Å². The molecule has 7 heteroatoms. The third kappa shape index (κ3) is 7.00. The van der Waals surface area contributed by atoms with Crippen LogP contribution in [0.4, 0.5) is 0 Å². The van der Waals surface area contributed by atoms with Crippen molar-refractivity contribution in [2.24, 2.45) is 5.41 Å². The van der Waals surface area contributed by atoms with Gasteiger partial charge in [-0.15, -0.1) is 0 Å².